The lowest BCUT2D eigenvalue weighted by Crippen LogP contribution is -2.14. The lowest BCUT2D eigenvalue weighted by molar-refractivity contribution is 0.661. The molecule has 2 nitrogen and oxygen atoms in total. The van der Waals surface area contributed by atoms with Crippen LogP contribution in [-0.4, -0.2) is 9.97 Å². The van der Waals surface area contributed by atoms with E-state index in [1.165, 1.54) is 75.1 Å². The van der Waals surface area contributed by atoms with E-state index in [9.17, 15) is 0 Å². The molecule has 0 saturated carbocycles. The molecule has 0 amide bonds. The van der Waals surface area contributed by atoms with Gasteiger partial charge in [0, 0.05) is 42.3 Å². The monoisotopic (exact) mass is 706 g/mol. The average Bonchev–Trinajstić information content (AvgIpc) is 3.71. The Labute approximate surface area is 318 Å². The van der Waals surface area contributed by atoms with Crippen LogP contribution in [0.4, 0.5) is 0 Å². The third-order valence-electron chi connectivity index (χ3n) is 11.5. The first-order valence-electron chi connectivity index (χ1n) is 18.6. The summed E-state index contributed by atoms with van der Waals surface area (Å²) in [6.07, 6.45) is 0. The van der Waals surface area contributed by atoms with Crippen LogP contribution in [0.1, 0.15) is 25.0 Å². The molecule has 2 heterocycles. The number of hydrogen-bond donors (Lipinski definition) is 0. The maximum atomic E-state index is 5.26. The second-order valence-electron chi connectivity index (χ2n) is 14.9. The molecule has 0 bridgehead atoms. The van der Waals surface area contributed by atoms with Crippen molar-refractivity contribution in [2.45, 2.75) is 19.3 Å². The second-order valence-corrected chi connectivity index (χ2v) is 16.0. The molecule has 0 radical (unpaired) electrons. The van der Waals surface area contributed by atoms with E-state index >= 15 is 0 Å². The first kappa shape index (κ1) is 31.1. The SMILES string of the molecule is CC1(C)c2ccc(-c3ccc(-c4cc(-c5ccc6sc7ccccc7c6c5)nc(-c5ccccc5)n4)c4ccccc34)cc2-c2c1ccc1ccccc21. The Morgan fingerprint density at radius 2 is 1.06 bits per heavy atom. The van der Waals surface area contributed by atoms with Gasteiger partial charge in [-0.15, -0.1) is 11.3 Å². The Hall–Kier alpha value is -6.42. The van der Waals surface area contributed by atoms with Gasteiger partial charge in [0.25, 0.3) is 0 Å². The molecule has 254 valence electrons. The van der Waals surface area contributed by atoms with Crippen LogP contribution >= 0.6 is 11.3 Å². The van der Waals surface area contributed by atoms with Crippen LogP contribution in [0.15, 0.2) is 170 Å². The molecular weight excluding hydrogens is 673 g/mol. The average molecular weight is 707 g/mol. The fourth-order valence-corrected chi connectivity index (χ4v) is 9.89. The molecule has 0 saturated heterocycles. The fraction of sp³-hybridized carbons (Fsp3) is 0.0588. The van der Waals surface area contributed by atoms with Gasteiger partial charge < -0.3 is 0 Å². The summed E-state index contributed by atoms with van der Waals surface area (Å²) >= 11 is 1.84. The minimum absolute atomic E-state index is 0.0681. The van der Waals surface area contributed by atoms with Gasteiger partial charge in [-0.2, -0.15) is 0 Å². The van der Waals surface area contributed by atoms with Crippen LogP contribution in [0.25, 0.3) is 97.9 Å². The molecule has 3 heteroatoms. The van der Waals surface area contributed by atoms with Crippen molar-refractivity contribution in [2.75, 3.05) is 0 Å². The zero-order chi connectivity index (χ0) is 36.0. The Morgan fingerprint density at radius 3 is 1.91 bits per heavy atom. The van der Waals surface area contributed by atoms with Crippen molar-refractivity contribution in [3.05, 3.63) is 181 Å². The van der Waals surface area contributed by atoms with Crippen LogP contribution in [0, 0.1) is 0 Å². The van der Waals surface area contributed by atoms with Crippen molar-refractivity contribution in [3.8, 4) is 56.2 Å². The molecule has 0 fully saturated rings. The summed E-state index contributed by atoms with van der Waals surface area (Å²) in [6, 6.07) is 61.7. The van der Waals surface area contributed by atoms with Gasteiger partial charge in [-0.3, -0.25) is 0 Å². The Bertz CT molecular complexity index is 3130. The number of nitrogens with zero attached hydrogens (tertiary/aromatic N) is 2. The molecular formula is C51H34N2S. The number of fused-ring (bicyclic) bond motifs is 9. The van der Waals surface area contributed by atoms with Gasteiger partial charge in [0.2, 0.25) is 0 Å². The standard InChI is InChI=1S/C51H34N2S/c1-51(2)43-25-21-33(28-42(43)49-36-15-7-6-12-31(36)20-26-44(49)51)35-23-24-39(38-17-9-8-16-37(35)38)46-30-45(52-50(53-46)32-13-4-3-5-14-32)34-22-27-48-41(29-34)40-18-10-11-19-47(40)54-48/h3-30H,1-2H3. The molecule has 8 aromatic carbocycles. The number of benzene rings is 8. The molecule has 10 aromatic rings. The predicted molar refractivity (Wildman–Crippen MR) is 229 cm³/mol. The Kier molecular flexibility index (Phi) is 6.80. The predicted octanol–water partition coefficient (Wildman–Crippen LogP) is 14.1. The summed E-state index contributed by atoms with van der Waals surface area (Å²) in [7, 11) is 0. The molecule has 0 unspecified atom stereocenters. The van der Waals surface area contributed by atoms with Gasteiger partial charge >= 0.3 is 0 Å². The molecule has 54 heavy (non-hydrogen) atoms. The zero-order valence-electron chi connectivity index (χ0n) is 30.0. The maximum absolute atomic E-state index is 5.26. The minimum atomic E-state index is -0.0681. The van der Waals surface area contributed by atoms with E-state index in [2.05, 4.69) is 178 Å². The van der Waals surface area contributed by atoms with Gasteiger partial charge in [-0.05, 0) is 85.3 Å². The minimum Gasteiger partial charge on any atom is -0.228 e. The molecule has 1 aliphatic rings. The van der Waals surface area contributed by atoms with E-state index in [-0.39, 0.29) is 5.41 Å². The van der Waals surface area contributed by atoms with Gasteiger partial charge in [-0.1, -0.05) is 153 Å². The summed E-state index contributed by atoms with van der Waals surface area (Å²) in [6.45, 7) is 4.72. The summed E-state index contributed by atoms with van der Waals surface area (Å²) in [4.78, 5) is 10.5. The summed E-state index contributed by atoms with van der Waals surface area (Å²) in [5.74, 6) is 0.721. The van der Waals surface area contributed by atoms with Crippen molar-refractivity contribution in [3.63, 3.8) is 0 Å². The molecule has 0 aliphatic heterocycles. The van der Waals surface area contributed by atoms with Crippen LogP contribution in [0.2, 0.25) is 0 Å². The summed E-state index contributed by atoms with van der Waals surface area (Å²) in [5, 5.41) is 7.52. The summed E-state index contributed by atoms with van der Waals surface area (Å²) in [5.41, 5.74) is 12.9. The molecule has 2 aromatic heterocycles. The fourth-order valence-electron chi connectivity index (χ4n) is 8.80. The van der Waals surface area contributed by atoms with Crippen LogP contribution in [-0.2, 0) is 5.41 Å². The Balaban J connectivity index is 1.09. The van der Waals surface area contributed by atoms with Crippen LogP contribution in [0.5, 0.6) is 0 Å². The smallest absolute Gasteiger partial charge is 0.160 e. The van der Waals surface area contributed by atoms with E-state index in [4.69, 9.17) is 9.97 Å². The molecule has 11 rings (SSSR count). The van der Waals surface area contributed by atoms with Gasteiger partial charge in [-0.25, -0.2) is 9.97 Å². The third-order valence-corrected chi connectivity index (χ3v) is 12.7. The van der Waals surface area contributed by atoms with Crippen LogP contribution < -0.4 is 0 Å². The van der Waals surface area contributed by atoms with Crippen molar-refractivity contribution in [2.24, 2.45) is 0 Å². The highest BCUT2D eigenvalue weighted by Crippen LogP contribution is 2.52. The third kappa shape index (κ3) is 4.72. The first-order chi connectivity index (χ1) is 26.5. The normalized spacial score (nSPS) is 13.1. The quantitative estimate of drug-likeness (QED) is 0.182. The molecule has 1 aliphatic carbocycles. The van der Waals surface area contributed by atoms with E-state index in [0.29, 0.717) is 0 Å². The van der Waals surface area contributed by atoms with E-state index < -0.39 is 0 Å². The van der Waals surface area contributed by atoms with Crippen molar-refractivity contribution < 1.29 is 0 Å². The highest BCUT2D eigenvalue weighted by atomic mass is 32.1. The van der Waals surface area contributed by atoms with E-state index in [0.717, 1.165) is 33.9 Å². The summed E-state index contributed by atoms with van der Waals surface area (Å²) < 4.78 is 2.58. The number of hydrogen-bond acceptors (Lipinski definition) is 3. The lowest BCUT2D eigenvalue weighted by atomic mass is 9.81. The number of aromatic nitrogens is 2. The largest absolute Gasteiger partial charge is 0.228 e. The van der Waals surface area contributed by atoms with Crippen LogP contribution in [0.3, 0.4) is 0 Å². The van der Waals surface area contributed by atoms with Crippen molar-refractivity contribution in [1.82, 2.24) is 9.97 Å². The van der Waals surface area contributed by atoms with Gasteiger partial charge in [0.1, 0.15) is 0 Å². The van der Waals surface area contributed by atoms with E-state index in [1.807, 2.05) is 17.4 Å². The zero-order valence-corrected chi connectivity index (χ0v) is 30.8. The second kappa shape index (κ2) is 11.8. The molecule has 0 N–H and O–H groups in total. The number of thiophene rings is 1. The van der Waals surface area contributed by atoms with Gasteiger partial charge in [0.05, 0.1) is 11.4 Å². The number of rotatable bonds is 4. The maximum Gasteiger partial charge on any atom is 0.160 e. The van der Waals surface area contributed by atoms with E-state index in [1.54, 1.807) is 0 Å². The Morgan fingerprint density at radius 1 is 0.407 bits per heavy atom. The first-order valence-corrected chi connectivity index (χ1v) is 19.4. The lowest BCUT2D eigenvalue weighted by Gasteiger charge is -2.22. The van der Waals surface area contributed by atoms with Crippen molar-refractivity contribution in [1.29, 1.82) is 0 Å². The highest BCUT2D eigenvalue weighted by Gasteiger charge is 2.36. The molecule has 0 atom stereocenters. The topological polar surface area (TPSA) is 25.8 Å². The van der Waals surface area contributed by atoms with Crippen molar-refractivity contribution >= 4 is 53.1 Å². The van der Waals surface area contributed by atoms with Gasteiger partial charge in [0.15, 0.2) is 5.82 Å². The highest BCUT2D eigenvalue weighted by molar-refractivity contribution is 7.25. The molecule has 0 spiro atoms.